The Morgan fingerprint density at radius 1 is 0.875 bits per heavy atom. The molecule has 0 saturated carbocycles. The molecule has 0 saturated heterocycles. The molecule has 0 aliphatic carbocycles. The molecule has 0 aliphatic heterocycles. The van der Waals surface area contributed by atoms with E-state index in [4.69, 9.17) is 9.47 Å². The number of carbonyl (C=O) groups is 3. The van der Waals surface area contributed by atoms with Crippen LogP contribution in [0.1, 0.15) is 70.4 Å². The molecule has 3 unspecified atom stereocenters. The molecular formula is C28H38N6O6. The van der Waals surface area contributed by atoms with Crippen LogP contribution in [0.25, 0.3) is 0 Å². The van der Waals surface area contributed by atoms with Gasteiger partial charge in [0, 0.05) is 23.5 Å². The molecule has 2 aromatic heterocycles. The first-order valence-electron chi connectivity index (χ1n) is 12.9. The standard InChI is InChI=1S/C28H38N6O6/c1-18(24(35)36)19(8-20(10-29)22-12-31-33(14-22)16-27(2,3)25(37)39-6)9-21(11-30)23-13-32-34(15-23)17-28(4,5)26(38)40-7/h12-15,18-21H,8-9,16-17H2,1-7H3,(H,35,36). The third kappa shape index (κ3) is 7.92. The molecule has 3 atom stereocenters. The number of esters is 2. The number of rotatable bonds is 14. The second kappa shape index (κ2) is 13.2. The molecule has 2 rings (SSSR count). The second-order valence-corrected chi connectivity index (χ2v) is 11.4. The Morgan fingerprint density at radius 3 is 1.55 bits per heavy atom. The van der Waals surface area contributed by atoms with Crippen molar-refractivity contribution in [1.29, 1.82) is 10.5 Å². The number of nitriles is 2. The van der Waals surface area contributed by atoms with Crippen molar-refractivity contribution in [2.75, 3.05) is 14.2 Å². The van der Waals surface area contributed by atoms with E-state index in [1.165, 1.54) is 14.2 Å². The van der Waals surface area contributed by atoms with Gasteiger partial charge in [0.25, 0.3) is 0 Å². The van der Waals surface area contributed by atoms with E-state index in [0.29, 0.717) is 11.1 Å². The highest BCUT2D eigenvalue weighted by molar-refractivity contribution is 5.76. The summed E-state index contributed by atoms with van der Waals surface area (Å²) in [4.78, 5) is 36.1. The number of aromatic nitrogens is 4. The fraction of sp³-hybridized carbons (Fsp3) is 0.607. The summed E-state index contributed by atoms with van der Waals surface area (Å²) in [5.41, 5.74) is -0.483. The molecule has 1 N–H and O–H groups in total. The predicted octanol–water partition coefficient (Wildman–Crippen LogP) is 3.51. The average molecular weight is 555 g/mol. The average Bonchev–Trinajstić information content (AvgIpc) is 3.56. The molecule has 0 aromatic carbocycles. The number of ether oxygens (including phenoxy) is 2. The smallest absolute Gasteiger partial charge is 0.313 e. The number of nitrogens with zero attached hydrogens (tertiary/aromatic N) is 6. The number of aliphatic carboxylic acids is 1. The fourth-order valence-electron chi connectivity index (χ4n) is 4.62. The molecule has 40 heavy (non-hydrogen) atoms. The number of methoxy groups -OCH3 is 2. The van der Waals surface area contributed by atoms with Crippen LogP contribution in [0.2, 0.25) is 0 Å². The van der Waals surface area contributed by atoms with Gasteiger partial charge >= 0.3 is 17.9 Å². The van der Waals surface area contributed by atoms with Crippen LogP contribution in [-0.4, -0.2) is 56.8 Å². The van der Waals surface area contributed by atoms with Gasteiger partial charge in [-0.3, -0.25) is 23.7 Å². The molecule has 12 heteroatoms. The zero-order valence-corrected chi connectivity index (χ0v) is 24.1. The lowest BCUT2D eigenvalue weighted by molar-refractivity contribution is -0.152. The van der Waals surface area contributed by atoms with E-state index < -0.39 is 52.4 Å². The van der Waals surface area contributed by atoms with Crippen LogP contribution in [0.3, 0.4) is 0 Å². The number of carboxylic acids is 1. The number of hydrogen-bond donors (Lipinski definition) is 1. The summed E-state index contributed by atoms with van der Waals surface area (Å²) in [6.45, 7) is 8.96. The quantitative estimate of drug-likeness (QED) is 0.340. The van der Waals surface area contributed by atoms with Crippen LogP contribution < -0.4 is 0 Å². The normalized spacial score (nSPS) is 14.7. The zero-order chi connectivity index (χ0) is 30.3. The predicted molar refractivity (Wildman–Crippen MR) is 142 cm³/mol. The lowest BCUT2D eigenvalue weighted by atomic mass is 9.77. The summed E-state index contributed by atoms with van der Waals surface area (Å²) in [7, 11) is 2.63. The van der Waals surface area contributed by atoms with Crippen LogP contribution in [0.15, 0.2) is 24.8 Å². The summed E-state index contributed by atoms with van der Waals surface area (Å²) in [5.74, 6) is -4.50. The van der Waals surface area contributed by atoms with E-state index in [2.05, 4.69) is 22.3 Å². The molecular weight excluding hydrogens is 516 g/mol. The molecule has 2 aromatic rings. The van der Waals surface area contributed by atoms with Crippen LogP contribution >= 0.6 is 0 Å². The van der Waals surface area contributed by atoms with Crippen molar-refractivity contribution >= 4 is 17.9 Å². The Hall–Kier alpha value is -4.19. The van der Waals surface area contributed by atoms with Gasteiger partial charge in [0.2, 0.25) is 0 Å². The lowest BCUT2D eigenvalue weighted by Gasteiger charge is -2.25. The SMILES string of the molecule is COC(=O)C(C)(C)Cn1cc(C(C#N)CC(CC(C#N)c2cnn(CC(C)(C)C(=O)OC)c2)C(C)C(=O)O)cn1. The Kier molecular flexibility index (Phi) is 10.6. The van der Waals surface area contributed by atoms with Gasteiger partial charge in [-0.25, -0.2) is 0 Å². The van der Waals surface area contributed by atoms with Crippen molar-refractivity contribution in [1.82, 2.24) is 19.6 Å². The Morgan fingerprint density at radius 2 is 1.25 bits per heavy atom. The van der Waals surface area contributed by atoms with Crippen LogP contribution in [0.5, 0.6) is 0 Å². The van der Waals surface area contributed by atoms with Gasteiger partial charge in [-0.2, -0.15) is 20.7 Å². The molecule has 2 heterocycles. The highest BCUT2D eigenvalue weighted by Crippen LogP contribution is 2.35. The second-order valence-electron chi connectivity index (χ2n) is 11.4. The fourth-order valence-corrected chi connectivity index (χ4v) is 4.62. The molecule has 12 nitrogen and oxygen atoms in total. The zero-order valence-electron chi connectivity index (χ0n) is 24.1. The molecule has 0 amide bonds. The van der Waals surface area contributed by atoms with Gasteiger partial charge in [-0.05, 0) is 46.5 Å². The van der Waals surface area contributed by atoms with Crippen molar-refractivity contribution in [2.45, 2.75) is 72.4 Å². The van der Waals surface area contributed by atoms with E-state index in [1.54, 1.807) is 68.8 Å². The summed E-state index contributed by atoms with van der Waals surface area (Å²) in [6, 6.07) is 4.50. The summed E-state index contributed by atoms with van der Waals surface area (Å²) in [6.07, 6.45) is 6.82. The van der Waals surface area contributed by atoms with Crippen molar-refractivity contribution in [3.05, 3.63) is 35.9 Å². The number of carboxylic acid groups (broad SMARTS) is 1. The number of carbonyl (C=O) groups excluding carboxylic acids is 2. The first-order valence-corrected chi connectivity index (χ1v) is 12.9. The van der Waals surface area contributed by atoms with Crippen LogP contribution in [-0.2, 0) is 36.9 Å². The Bertz CT molecular complexity index is 1190. The maximum Gasteiger partial charge on any atom is 0.313 e. The number of hydrogen-bond acceptors (Lipinski definition) is 9. The van der Waals surface area contributed by atoms with Gasteiger partial charge in [0.15, 0.2) is 0 Å². The topological polar surface area (TPSA) is 173 Å². The third-order valence-electron chi connectivity index (χ3n) is 7.19. The van der Waals surface area contributed by atoms with E-state index in [9.17, 15) is 30.0 Å². The van der Waals surface area contributed by atoms with Gasteiger partial charge in [0.1, 0.15) is 0 Å². The van der Waals surface area contributed by atoms with E-state index in [1.807, 2.05) is 0 Å². The first-order chi connectivity index (χ1) is 18.7. The van der Waals surface area contributed by atoms with Gasteiger partial charge in [-0.1, -0.05) is 6.92 Å². The minimum atomic E-state index is -1.02. The van der Waals surface area contributed by atoms with Gasteiger partial charge in [-0.15, -0.1) is 0 Å². The lowest BCUT2D eigenvalue weighted by Crippen LogP contribution is -2.30. The molecule has 0 bridgehead atoms. The maximum absolute atomic E-state index is 12.1. The Balaban J connectivity index is 2.25. The minimum absolute atomic E-state index is 0.192. The highest BCUT2D eigenvalue weighted by Gasteiger charge is 2.34. The third-order valence-corrected chi connectivity index (χ3v) is 7.19. The van der Waals surface area contributed by atoms with Gasteiger partial charge in [0.05, 0.1) is 80.4 Å². The summed E-state index contributed by atoms with van der Waals surface area (Å²) < 4.78 is 12.8. The molecule has 0 radical (unpaired) electrons. The molecule has 0 fully saturated rings. The minimum Gasteiger partial charge on any atom is -0.481 e. The van der Waals surface area contributed by atoms with Crippen molar-refractivity contribution in [3.8, 4) is 12.1 Å². The van der Waals surface area contributed by atoms with Crippen LogP contribution in [0, 0.1) is 45.3 Å². The van der Waals surface area contributed by atoms with E-state index in [0.717, 1.165) is 0 Å². The molecule has 0 spiro atoms. The summed E-state index contributed by atoms with van der Waals surface area (Å²) >= 11 is 0. The monoisotopic (exact) mass is 554 g/mol. The van der Waals surface area contributed by atoms with Crippen molar-refractivity contribution in [3.63, 3.8) is 0 Å². The first kappa shape index (κ1) is 32.0. The largest absolute Gasteiger partial charge is 0.481 e. The van der Waals surface area contributed by atoms with E-state index in [-0.39, 0.29) is 25.9 Å². The maximum atomic E-state index is 12.1. The highest BCUT2D eigenvalue weighted by atomic mass is 16.5. The Labute approximate surface area is 234 Å². The van der Waals surface area contributed by atoms with Gasteiger partial charge < -0.3 is 14.6 Å². The van der Waals surface area contributed by atoms with Crippen LogP contribution in [0.4, 0.5) is 0 Å². The summed E-state index contributed by atoms with van der Waals surface area (Å²) in [5, 5.41) is 38.3. The van der Waals surface area contributed by atoms with Crippen molar-refractivity contribution in [2.24, 2.45) is 22.7 Å². The van der Waals surface area contributed by atoms with Crippen molar-refractivity contribution < 1.29 is 29.0 Å². The molecule has 0 aliphatic rings. The molecule has 216 valence electrons. The van der Waals surface area contributed by atoms with E-state index >= 15 is 0 Å².